The van der Waals surface area contributed by atoms with Crippen molar-refractivity contribution in [2.45, 2.75) is 41.5 Å². The van der Waals surface area contributed by atoms with E-state index in [-0.39, 0.29) is 0 Å². The Bertz CT molecular complexity index is 1280. The molecule has 0 saturated heterocycles. The zero-order chi connectivity index (χ0) is 29.0. The van der Waals surface area contributed by atoms with Gasteiger partial charge in [0.15, 0.2) is 0 Å². The molecule has 0 N–H and O–H groups in total. The van der Waals surface area contributed by atoms with E-state index in [0.717, 1.165) is 48.9 Å². The molecule has 2 heterocycles. The number of aryl methyl sites for hydroxylation is 4. The number of hydrogen-bond acceptors (Lipinski definition) is 5. The molecular formula is C35H45N5. The molecule has 0 aliphatic rings. The Morgan fingerprint density at radius 1 is 0.500 bits per heavy atom. The van der Waals surface area contributed by atoms with Gasteiger partial charge in [-0.3, -0.25) is 9.97 Å². The molecule has 0 atom stereocenters. The van der Waals surface area contributed by atoms with Gasteiger partial charge in [0.2, 0.25) is 0 Å². The molecular weight excluding hydrogens is 490 g/mol. The summed E-state index contributed by atoms with van der Waals surface area (Å²) in [6.45, 7) is 16.9. The first-order valence-corrected chi connectivity index (χ1v) is 14.2. The molecule has 40 heavy (non-hydrogen) atoms. The van der Waals surface area contributed by atoms with E-state index in [0.29, 0.717) is 0 Å². The summed E-state index contributed by atoms with van der Waals surface area (Å²) in [7, 11) is 6.47. The van der Waals surface area contributed by atoms with Crippen LogP contribution in [0.15, 0.2) is 60.9 Å². The van der Waals surface area contributed by atoms with Crippen molar-refractivity contribution >= 4 is 11.4 Å². The van der Waals surface area contributed by atoms with Crippen LogP contribution in [0.3, 0.4) is 0 Å². The van der Waals surface area contributed by atoms with Crippen LogP contribution in [-0.2, 0) is 0 Å². The fourth-order valence-corrected chi connectivity index (χ4v) is 4.94. The van der Waals surface area contributed by atoms with E-state index in [1.807, 2.05) is 12.4 Å². The lowest BCUT2D eigenvalue weighted by molar-refractivity contribution is 0.349. The molecule has 0 radical (unpaired) electrons. The summed E-state index contributed by atoms with van der Waals surface area (Å²) in [6, 6.07) is 17.6. The molecule has 0 aliphatic heterocycles. The van der Waals surface area contributed by atoms with Gasteiger partial charge < -0.3 is 14.7 Å². The zero-order valence-corrected chi connectivity index (χ0v) is 25.8. The van der Waals surface area contributed by atoms with Crippen molar-refractivity contribution in [2.75, 3.05) is 57.1 Å². The Hall–Kier alpha value is -3.70. The van der Waals surface area contributed by atoms with Crippen molar-refractivity contribution in [3.63, 3.8) is 0 Å². The maximum Gasteiger partial charge on any atom is 0.0703 e. The summed E-state index contributed by atoms with van der Waals surface area (Å²) < 4.78 is 0. The van der Waals surface area contributed by atoms with Crippen molar-refractivity contribution in [1.29, 1.82) is 0 Å². The molecule has 2 aromatic heterocycles. The molecule has 0 spiro atoms. The van der Waals surface area contributed by atoms with Gasteiger partial charge in [-0.1, -0.05) is 0 Å². The van der Waals surface area contributed by atoms with E-state index >= 15 is 0 Å². The van der Waals surface area contributed by atoms with Crippen molar-refractivity contribution in [1.82, 2.24) is 14.9 Å². The maximum absolute atomic E-state index is 4.77. The van der Waals surface area contributed by atoms with E-state index in [2.05, 4.69) is 126 Å². The van der Waals surface area contributed by atoms with E-state index < -0.39 is 0 Å². The molecule has 0 amide bonds. The first-order chi connectivity index (χ1) is 19.0. The lowest BCUT2D eigenvalue weighted by Crippen LogP contribution is -2.35. The lowest BCUT2D eigenvalue weighted by Gasteiger charge is -2.26. The number of anilines is 2. The molecule has 210 valence electrons. The minimum absolute atomic E-state index is 0.940. The SMILES string of the molecule is Cc1cc(-c2ccc(N(C)CCN(C)CCN(C)c3ccc(-c4cc(C)c(C)c(C)c4)nc3)cn2)cc(C)c1C. The summed E-state index contributed by atoms with van der Waals surface area (Å²) in [6.07, 6.45) is 3.98. The molecule has 0 aliphatic carbocycles. The predicted molar refractivity (Wildman–Crippen MR) is 172 cm³/mol. The quantitative estimate of drug-likeness (QED) is 0.215. The van der Waals surface area contributed by atoms with Crippen LogP contribution in [-0.4, -0.2) is 62.2 Å². The van der Waals surface area contributed by atoms with Crippen LogP contribution in [0.5, 0.6) is 0 Å². The summed E-state index contributed by atoms with van der Waals surface area (Å²) >= 11 is 0. The van der Waals surface area contributed by atoms with Crippen molar-refractivity contribution in [3.05, 3.63) is 94.3 Å². The Morgan fingerprint density at radius 2 is 0.850 bits per heavy atom. The highest BCUT2D eigenvalue weighted by atomic mass is 15.2. The molecule has 0 fully saturated rings. The minimum atomic E-state index is 0.940. The van der Waals surface area contributed by atoms with Crippen LogP contribution in [0.2, 0.25) is 0 Å². The zero-order valence-electron chi connectivity index (χ0n) is 25.8. The monoisotopic (exact) mass is 535 g/mol. The van der Waals surface area contributed by atoms with E-state index in [9.17, 15) is 0 Å². The highest BCUT2D eigenvalue weighted by molar-refractivity contribution is 5.65. The number of nitrogens with zero attached hydrogens (tertiary/aromatic N) is 5. The van der Waals surface area contributed by atoms with Gasteiger partial charge in [0.1, 0.15) is 0 Å². The van der Waals surface area contributed by atoms with Crippen LogP contribution < -0.4 is 9.80 Å². The normalized spacial score (nSPS) is 11.2. The highest BCUT2D eigenvalue weighted by Crippen LogP contribution is 2.26. The number of rotatable bonds is 10. The largest absolute Gasteiger partial charge is 0.372 e. The predicted octanol–water partition coefficient (Wildman–Crippen LogP) is 7.17. The molecule has 0 unspecified atom stereocenters. The van der Waals surface area contributed by atoms with Gasteiger partial charge >= 0.3 is 0 Å². The Labute approximate surface area is 241 Å². The first kappa shape index (κ1) is 29.3. The second-order valence-corrected chi connectivity index (χ2v) is 11.4. The number of benzene rings is 2. The van der Waals surface area contributed by atoms with Crippen LogP contribution in [0.1, 0.15) is 33.4 Å². The van der Waals surface area contributed by atoms with Gasteiger partial charge in [-0.15, -0.1) is 0 Å². The third kappa shape index (κ3) is 6.89. The van der Waals surface area contributed by atoms with Gasteiger partial charge in [0, 0.05) is 51.4 Å². The third-order valence-corrected chi connectivity index (χ3v) is 8.46. The second-order valence-electron chi connectivity index (χ2n) is 11.4. The third-order valence-electron chi connectivity index (χ3n) is 8.46. The van der Waals surface area contributed by atoms with Crippen molar-refractivity contribution < 1.29 is 0 Å². The minimum Gasteiger partial charge on any atom is -0.372 e. The molecule has 0 bridgehead atoms. The lowest BCUT2D eigenvalue weighted by atomic mass is 9.99. The van der Waals surface area contributed by atoms with Crippen LogP contribution in [0, 0.1) is 41.5 Å². The Balaban J connectivity index is 1.26. The number of hydrogen-bond donors (Lipinski definition) is 0. The van der Waals surface area contributed by atoms with Crippen LogP contribution in [0.4, 0.5) is 11.4 Å². The smallest absolute Gasteiger partial charge is 0.0703 e. The Kier molecular flexibility index (Phi) is 9.26. The summed E-state index contributed by atoms with van der Waals surface area (Å²) in [5.74, 6) is 0. The van der Waals surface area contributed by atoms with Crippen molar-refractivity contribution in [3.8, 4) is 22.5 Å². The highest BCUT2D eigenvalue weighted by Gasteiger charge is 2.10. The average molecular weight is 536 g/mol. The van der Waals surface area contributed by atoms with E-state index in [4.69, 9.17) is 9.97 Å². The molecule has 4 rings (SSSR count). The average Bonchev–Trinajstić information content (AvgIpc) is 2.95. The molecule has 0 saturated carbocycles. The summed E-state index contributed by atoms with van der Waals surface area (Å²) in [5.41, 5.74) is 14.7. The number of aromatic nitrogens is 2. The van der Waals surface area contributed by atoms with Crippen LogP contribution in [0.25, 0.3) is 22.5 Å². The topological polar surface area (TPSA) is 35.5 Å². The van der Waals surface area contributed by atoms with Crippen molar-refractivity contribution in [2.24, 2.45) is 0 Å². The molecule has 2 aromatic carbocycles. The van der Waals surface area contributed by atoms with Gasteiger partial charge in [0.05, 0.1) is 35.2 Å². The van der Waals surface area contributed by atoms with Gasteiger partial charge in [0.25, 0.3) is 0 Å². The second kappa shape index (κ2) is 12.6. The number of likely N-dealkylation sites (N-methyl/N-ethyl adjacent to an activating group) is 3. The van der Waals surface area contributed by atoms with Gasteiger partial charge in [-0.2, -0.15) is 0 Å². The van der Waals surface area contributed by atoms with E-state index in [1.54, 1.807) is 0 Å². The standard InChI is InChI=1S/C35H45N5/c1-24-18-30(19-25(2)28(24)5)34-12-10-32(22-36-34)39(8)16-14-38(7)15-17-40(9)33-11-13-35(37-23-33)31-20-26(3)29(6)27(4)21-31/h10-13,18-23H,14-17H2,1-9H3. The first-order valence-electron chi connectivity index (χ1n) is 14.2. The summed E-state index contributed by atoms with van der Waals surface area (Å²) in [5, 5.41) is 0. The fourth-order valence-electron chi connectivity index (χ4n) is 4.94. The van der Waals surface area contributed by atoms with Crippen LogP contribution >= 0.6 is 0 Å². The van der Waals surface area contributed by atoms with Gasteiger partial charge in [-0.25, -0.2) is 0 Å². The van der Waals surface area contributed by atoms with E-state index in [1.165, 1.54) is 44.5 Å². The number of pyridine rings is 2. The maximum atomic E-state index is 4.77. The molecule has 4 aromatic rings. The Morgan fingerprint density at radius 3 is 1.15 bits per heavy atom. The summed E-state index contributed by atoms with van der Waals surface area (Å²) in [4.78, 5) is 16.5. The van der Waals surface area contributed by atoms with Gasteiger partial charge in [-0.05, 0) is 131 Å². The molecule has 5 heteroatoms. The molecule has 5 nitrogen and oxygen atoms in total. The fraction of sp³-hybridized carbons (Fsp3) is 0.371.